The van der Waals surface area contributed by atoms with E-state index in [2.05, 4.69) is 62.7 Å². The number of hydrogen-bond donors (Lipinski definition) is 1. The monoisotopic (exact) mass is 332 g/mol. The molecule has 0 atom stereocenters. The highest BCUT2D eigenvalue weighted by molar-refractivity contribution is 9.10. The zero-order chi connectivity index (χ0) is 14.3. The SMILES string of the molecule is CB(O)N1CC=C(c2c(Br)n(C)c3ccccc23)CC1. The first-order valence-electron chi connectivity index (χ1n) is 6.94. The van der Waals surface area contributed by atoms with E-state index < -0.39 is 0 Å². The molecule has 3 rings (SSSR count). The molecule has 1 aliphatic rings. The second kappa shape index (κ2) is 5.39. The van der Waals surface area contributed by atoms with Crippen LogP contribution in [0, 0.1) is 0 Å². The Morgan fingerprint density at radius 1 is 1.30 bits per heavy atom. The number of aryl methyl sites for hydroxylation is 1. The lowest BCUT2D eigenvalue weighted by Crippen LogP contribution is -2.39. The summed E-state index contributed by atoms with van der Waals surface area (Å²) in [7, 11) is 1.71. The van der Waals surface area contributed by atoms with Crippen LogP contribution in [0.2, 0.25) is 6.82 Å². The van der Waals surface area contributed by atoms with Gasteiger partial charge in [0.2, 0.25) is 0 Å². The van der Waals surface area contributed by atoms with Crippen LogP contribution >= 0.6 is 15.9 Å². The minimum absolute atomic E-state index is 0.372. The minimum Gasteiger partial charge on any atom is -0.437 e. The van der Waals surface area contributed by atoms with Crippen molar-refractivity contribution in [3.8, 4) is 0 Å². The third kappa shape index (κ3) is 2.24. The molecule has 0 saturated heterocycles. The molecular formula is C15H18BBrN2O. The maximum atomic E-state index is 9.65. The van der Waals surface area contributed by atoms with Gasteiger partial charge < -0.3 is 14.4 Å². The van der Waals surface area contributed by atoms with Crippen molar-refractivity contribution >= 4 is 39.5 Å². The first kappa shape index (κ1) is 13.9. The van der Waals surface area contributed by atoms with E-state index in [1.54, 1.807) is 0 Å². The van der Waals surface area contributed by atoms with Gasteiger partial charge in [0, 0.05) is 30.1 Å². The topological polar surface area (TPSA) is 28.4 Å². The van der Waals surface area contributed by atoms with Crippen LogP contribution < -0.4 is 0 Å². The molecule has 0 spiro atoms. The molecule has 104 valence electrons. The van der Waals surface area contributed by atoms with Crippen LogP contribution in [0.1, 0.15) is 12.0 Å². The smallest absolute Gasteiger partial charge is 0.376 e. The van der Waals surface area contributed by atoms with Crippen molar-refractivity contribution in [2.24, 2.45) is 7.05 Å². The quantitative estimate of drug-likeness (QED) is 0.856. The number of aromatic nitrogens is 1. The number of para-hydroxylation sites is 1. The van der Waals surface area contributed by atoms with E-state index in [9.17, 15) is 5.02 Å². The molecule has 0 unspecified atom stereocenters. The summed E-state index contributed by atoms with van der Waals surface area (Å²) in [6, 6.07) is 8.49. The maximum absolute atomic E-state index is 9.65. The molecule has 5 heteroatoms. The summed E-state index contributed by atoms with van der Waals surface area (Å²) < 4.78 is 3.32. The highest BCUT2D eigenvalue weighted by Crippen LogP contribution is 2.37. The highest BCUT2D eigenvalue weighted by Gasteiger charge is 2.22. The van der Waals surface area contributed by atoms with Gasteiger partial charge in [0.25, 0.3) is 0 Å². The lowest BCUT2D eigenvalue weighted by molar-refractivity contribution is 0.392. The van der Waals surface area contributed by atoms with E-state index in [0.717, 1.165) is 24.1 Å². The van der Waals surface area contributed by atoms with Gasteiger partial charge in [-0.25, -0.2) is 0 Å². The second-order valence-electron chi connectivity index (χ2n) is 5.35. The van der Waals surface area contributed by atoms with Crippen molar-refractivity contribution in [3.63, 3.8) is 0 Å². The molecule has 0 aliphatic carbocycles. The van der Waals surface area contributed by atoms with Crippen molar-refractivity contribution in [3.05, 3.63) is 40.5 Å². The Morgan fingerprint density at radius 3 is 2.70 bits per heavy atom. The Morgan fingerprint density at radius 2 is 2.05 bits per heavy atom. The number of hydrogen-bond acceptors (Lipinski definition) is 2. The van der Waals surface area contributed by atoms with Gasteiger partial charge in [-0.1, -0.05) is 24.3 Å². The van der Waals surface area contributed by atoms with Crippen molar-refractivity contribution in [1.29, 1.82) is 0 Å². The van der Waals surface area contributed by atoms with Gasteiger partial charge in [0.15, 0.2) is 0 Å². The summed E-state index contributed by atoms with van der Waals surface area (Å²) in [6.45, 7) is 3.54. The van der Waals surface area contributed by atoms with E-state index >= 15 is 0 Å². The van der Waals surface area contributed by atoms with Gasteiger partial charge in [-0.2, -0.15) is 0 Å². The van der Waals surface area contributed by atoms with Crippen LogP contribution in [-0.2, 0) is 7.05 Å². The molecule has 1 aromatic heterocycles. The first-order valence-corrected chi connectivity index (χ1v) is 7.73. The fourth-order valence-corrected chi connectivity index (χ4v) is 3.58. The molecule has 0 bridgehead atoms. The van der Waals surface area contributed by atoms with Gasteiger partial charge in [-0.3, -0.25) is 0 Å². The van der Waals surface area contributed by atoms with Gasteiger partial charge in [0.05, 0.1) is 4.60 Å². The zero-order valence-corrected chi connectivity index (χ0v) is 13.4. The Kier molecular flexibility index (Phi) is 3.75. The molecule has 3 nitrogen and oxygen atoms in total. The van der Waals surface area contributed by atoms with E-state index in [-0.39, 0.29) is 7.05 Å². The summed E-state index contributed by atoms with van der Waals surface area (Å²) in [6.07, 6.45) is 3.21. The van der Waals surface area contributed by atoms with Crippen molar-refractivity contribution < 1.29 is 5.02 Å². The third-order valence-electron chi connectivity index (χ3n) is 4.13. The van der Waals surface area contributed by atoms with E-state index in [1.807, 2.05) is 6.82 Å². The molecule has 1 aromatic carbocycles. The summed E-state index contributed by atoms with van der Waals surface area (Å²) in [4.78, 5) is 2.07. The number of benzene rings is 1. The van der Waals surface area contributed by atoms with Crippen molar-refractivity contribution in [1.82, 2.24) is 9.38 Å². The Labute approximate surface area is 128 Å². The van der Waals surface area contributed by atoms with Crippen molar-refractivity contribution in [2.45, 2.75) is 13.2 Å². The predicted molar refractivity (Wildman–Crippen MR) is 88.6 cm³/mol. The Hall–Kier alpha value is -1.04. The average Bonchev–Trinajstić information content (AvgIpc) is 2.72. The summed E-state index contributed by atoms with van der Waals surface area (Å²) in [5.41, 5.74) is 3.91. The molecule has 2 aromatic rings. The first-order chi connectivity index (χ1) is 9.59. The van der Waals surface area contributed by atoms with Crippen LogP contribution in [0.4, 0.5) is 0 Å². The minimum atomic E-state index is -0.372. The van der Waals surface area contributed by atoms with Gasteiger partial charge in [-0.05, 0) is 47.4 Å². The third-order valence-corrected chi connectivity index (χ3v) is 5.05. The lowest BCUT2D eigenvalue weighted by Gasteiger charge is -2.27. The average molecular weight is 333 g/mol. The van der Waals surface area contributed by atoms with Gasteiger partial charge in [0.1, 0.15) is 0 Å². The van der Waals surface area contributed by atoms with Gasteiger partial charge >= 0.3 is 7.05 Å². The van der Waals surface area contributed by atoms with Crippen LogP contribution in [-0.4, -0.2) is 34.5 Å². The normalized spacial score (nSPS) is 16.5. The van der Waals surface area contributed by atoms with Crippen LogP contribution in [0.5, 0.6) is 0 Å². The molecule has 0 amide bonds. The number of fused-ring (bicyclic) bond motifs is 1. The largest absolute Gasteiger partial charge is 0.437 e. The molecule has 1 aliphatic heterocycles. The second-order valence-corrected chi connectivity index (χ2v) is 6.10. The molecule has 2 heterocycles. The molecule has 1 N–H and O–H groups in total. The predicted octanol–water partition coefficient (Wildman–Crippen LogP) is 3.14. The number of nitrogens with zero attached hydrogens (tertiary/aromatic N) is 2. The van der Waals surface area contributed by atoms with Crippen molar-refractivity contribution in [2.75, 3.05) is 13.1 Å². The summed E-state index contributed by atoms with van der Waals surface area (Å²) in [5.74, 6) is 0. The van der Waals surface area contributed by atoms with Gasteiger partial charge in [-0.15, -0.1) is 0 Å². The number of rotatable bonds is 2. The number of halogens is 1. The zero-order valence-electron chi connectivity index (χ0n) is 11.8. The molecule has 0 radical (unpaired) electrons. The van der Waals surface area contributed by atoms with E-state index in [4.69, 9.17) is 0 Å². The van der Waals surface area contributed by atoms with E-state index in [0.29, 0.717) is 0 Å². The summed E-state index contributed by atoms with van der Waals surface area (Å²) in [5, 5.41) is 10.9. The lowest BCUT2D eigenvalue weighted by atomic mass is 9.82. The fourth-order valence-electron chi connectivity index (χ4n) is 2.92. The Bertz CT molecular complexity index is 678. The maximum Gasteiger partial charge on any atom is 0.376 e. The van der Waals surface area contributed by atoms with Crippen LogP contribution in [0.25, 0.3) is 16.5 Å². The highest BCUT2D eigenvalue weighted by atomic mass is 79.9. The van der Waals surface area contributed by atoms with E-state index in [1.165, 1.54) is 22.0 Å². The molecule has 0 fully saturated rings. The fraction of sp³-hybridized carbons (Fsp3) is 0.333. The van der Waals surface area contributed by atoms with Crippen LogP contribution in [0.15, 0.2) is 34.9 Å². The molecular weight excluding hydrogens is 315 g/mol. The van der Waals surface area contributed by atoms with Crippen LogP contribution in [0.3, 0.4) is 0 Å². The summed E-state index contributed by atoms with van der Waals surface area (Å²) >= 11 is 3.73. The molecule has 20 heavy (non-hydrogen) atoms. The molecule has 0 saturated carbocycles. The Balaban J connectivity index is 2.06. The standard InChI is InChI=1S/C15H18BBrN2O/c1-16(20)19-9-7-11(8-10-19)14-12-5-3-4-6-13(12)18(2)15(14)17/h3-7,20H,8-10H2,1-2H3.